The molecule has 0 amide bonds. The van der Waals surface area contributed by atoms with Crippen molar-refractivity contribution in [1.82, 2.24) is 5.32 Å². The maximum Gasteiger partial charge on any atom is 0.0431 e. The van der Waals surface area contributed by atoms with Gasteiger partial charge < -0.3 is 10.4 Å². The Balaban J connectivity index is 2.82. The highest BCUT2D eigenvalue weighted by Crippen LogP contribution is 1.97. The molecule has 0 spiro atoms. The van der Waals surface area contributed by atoms with E-state index in [0.717, 1.165) is 38.8 Å². The summed E-state index contributed by atoms with van der Waals surface area (Å²) in [6.07, 6.45) is 12.9. The van der Waals surface area contributed by atoms with Gasteiger partial charge in [-0.3, -0.25) is 0 Å². The van der Waals surface area contributed by atoms with Crippen LogP contribution in [0.4, 0.5) is 0 Å². The van der Waals surface area contributed by atoms with Crippen LogP contribution in [-0.4, -0.2) is 24.8 Å². The molecule has 0 radical (unpaired) electrons. The maximum absolute atomic E-state index is 8.56. The van der Waals surface area contributed by atoms with E-state index in [2.05, 4.69) is 11.2 Å². The van der Waals surface area contributed by atoms with Crippen LogP contribution in [0, 0.1) is 12.3 Å². The molecule has 0 saturated carbocycles. The predicted molar refractivity (Wildman–Crippen MR) is 61.1 cm³/mol. The summed E-state index contributed by atoms with van der Waals surface area (Å²) in [7, 11) is 0. The van der Waals surface area contributed by atoms with Gasteiger partial charge >= 0.3 is 0 Å². The minimum absolute atomic E-state index is 0.333. The van der Waals surface area contributed by atoms with E-state index in [-0.39, 0.29) is 0 Å². The summed E-state index contributed by atoms with van der Waals surface area (Å²) in [6, 6.07) is 0. The zero-order valence-corrected chi connectivity index (χ0v) is 9.10. The van der Waals surface area contributed by atoms with Gasteiger partial charge in [0.15, 0.2) is 0 Å². The first-order chi connectivity index (χ1) is 6.91. The summed E-state index contributed by atoms with van der Waals surface area (Å²) in [6.45, 7) is 2.52. The van der Waals surface area contributed by atoms with E-state index in [9.17, 15) is 0 Å². The molecule has 0 rings (SSSR count). The molecule has 2 heteroatoms. The number of terminal acetylenes is 1. The lowest BCUT2D eigenvalue weighted by Crippen LogP contribution is -2.16. The minimum atomic E-state index is 0.333. The molecule has 0 aromatic carbocycles. The molecule has 0 fully saturated rings. The highest BCUT2D eigenvalue weighted by molar-refractivity contribution is 4.82. The van der Waals surface area contributed by atoms with Crippen LogP contribution in [0.5, 0.6) is 0 Å². The van der Waals surface area contributed by atoms with E-state index in [1.165, 1.54) is 19.3 Å². The normalized spacial score (nSPS) is 10.0. The van der Waals surface area contributed by atoms with Crippen molar-refractivity contribution >= 4 is 0 Å². The molecule has 82 valence electrons. The largest absolute Gasteiger partial charge is 0.396 e. The Morgan fingerprint density at radius 1 is 0.929 bits per heavy atom. The van der Waals surface area contributed by atoms with Gasteiger partial charge in [-0.05, 0) is 38.8 Å². The predicted octanol–water partition coefficient (Wildman–Crippen LogP) is 1.93. The third kappa shape index (κ3) is 11.5. The van der Waals surface area contributed by atoms with E-state index in [1.54, 1.807) is 0 Å². The van der Waals surface area contributed by atoms with Crippen molar-refractivity contribution in [2.75, 3.05) is 19.7 Å². The standard InChI is InChI=1S/C12H23NO/c1-2-3-4-7-10-13-11-8-5-6-9-12-14/h1,13-14H,3-12H2. The zero-order chi connectivity index (χ0) is 10.5. The first-order valence-corrected chi connectivity index (χ1v) is 5.67. The number of unbranched alkanes of at least 4 members (excludes halogenated alkanes) is 5. The number of hydrogen-bond acceptors (Lipinski definition) is 2. The number of aliphatic hydroxyl groups is 1. The maximum atomic E-state index is 8.56. The number of nitrogens with one attached hydrogen (secondary N) is 1. The van der Waals surface area contributed by atoms with Crippen LogP contribution in [0.2, 0.25) is 0 Å². The molecule has 0 aliphatic heterocycles. The van der Waals surface area contributed by atoms with Crippen LogP contribution < -0.4 is 5.32 Å². The average Bonchev–Trinajstić information content (AvgIpc) is 2.21. The molecule has 0 unspecified atom stereocenters. The smallest absolute Gasteiger partial charge is 0.0431 e. The van der Waals surface area contributed by atoms with E-state index in [4.69, 9.17) is 11.5 Å². The molecular weight excluding hydrogens is 174 g/mol. The van der Waals surface area contributed by atoms with Gasteiger partial charge in [0.2, 0.25) is 0 Å². The highest BCUT2D eigenvalue weighted by atomic mass is 16.2. The summed E-state index contributed by atoms with van der Waals surface area (Å²) in [4.78, 5) is 0. The molecule has 0 bridgehead atoms. The Morgan fingerprint density at radius 2 is 1.57 bits per heavy atom. The lowest BCUT2D eigenvalue weighted by molar-refractivity contribution is 0.282. The van der Waals surface area contributed by atoms with E-state index >= 15 is 0 Å². The van der Waals surface area contributed by atoms with Gasteiger partial charge in [0, 0.05) is 13.0 Å². The Kier molecular flexibility index (Phi) is 12.0. The second-order valence-electron chi connectivity index (χ2n) is 3.55. The summed E-state index contributed by atoms with van der Waals surface area (Å²) in [5.74, 6) is 2.64. The van der Waals surface area contributed by atoms with E-state index < -0.39 is 0 Å². The molecule has 2 nitrogen and oxygen atoms in total. The van der Waals surface area contributed by atoms with Gasteiger partial charge in [-0.25, -0.2) is 0 Å². The van der Waals surface area contributed by atoms with E-state index in [1.807, 2.05) is 0 Å². The van der Waals surface area contributed by atoms with Crippen molar-refractivity contribution in [2.24, 2.45) is 0 Å². The number of rotatable bonds is 10. The number of hydrogen-bond donors (Lipinski definition) is 2. The van der Waals surface area contributed by atoms with Crippen molar-refractivity contribution in [3.63, 3.8) is 0 Å². The first kappa shape index (κ1) is 13.5. The zero-order valence-electron chi connectivity index (χ0n) is 9.10. The van der Waals surface area contributed by atoms with Gasteiger partial charge in [-0.2, -0.15) is 0 Å². The summed E-state index contributed by atoms with van der Waals surface area (Å²) in [5, 5.41) is 11.9. The third-order valence-electron chi connectivity index (χ3n) is 2.19. The third-order valence-corrected chi connectivity index (χ3v) is 2.19. The molecule has 2 N–H and O–H groups in total. The van der Waals surface area contributed by atoms with Crippen molar-refractivity contribution in [2.45, 2.75) is 44.9 Å². The van der Waals surface area contributed by atoms with Crippen LogP contribution >= 0.6 is 0 Å². The monoisotopic (exact) mass is 197 g/mol. The lowest BCUT2D eigenvalue weighted by atomic mass is 10.2. The molecular formula is C12H23NO. The highest BCUT2D eigenvalue weighted by Gasteiger charge is 1.90. The van der Waals surface area contributed by atoms with Crippen LogP contribution in [-0.2, 0) is 0 Å². The van der Waals surface area contributed by atoms with Crippen LogP contribution in [0.25, 0.3) is 0 Å². The Bertz CT molecular complexity index is 140. The van der Waals surface area contributed by atoms with Gasteiger partial charge in [-0.1, -0.05) is 12.8 Å². The molecule has 0 aromatic rings. The summed E-state index contributed by atoms with van der Waals surface area (Å²) in [5.41, 5.74) is 0. The van der Waals surface area contributed by atoms with Crippen LogP contribution in [0.1, 0.15) is 44.9 Å². The molecule has 0 heterocycles. The van der Waals surface area contributed by atoms with Crippen molar-refractivity contribution < 1.29 is 5.11 Å². The molecule has 14 heavy (non-hydrogen) atoms. The minimum Gasteiger partial charge on any atom is -0.396 e. The van der Waals surface area contributed by atoms with Crippen molar-refractivity contribution in [1.29, 1.82) is 0 Å². The van der Waals surface area contributed by atoms with Crippen molar-refractivity contribution in [3.05, 3.63) is 0 Å². The Morgan fingerprint density at radius 3 is 2.21 bits per heavy atom. The van der Waals surface area contributed by atoms with Gasteiger partial charge in [0.05, 0.1) is 0 Å². The first-order valence-electron chi connectivity index (χ1n) is 5.67. The van der Waals surface area contributed by atoms with Crippen LogP contribution in [0.3, 0.4) is 0 Å². The van der Waals surface area contributed by atoms with Crippen molar-refractivity contribution in [3.8, 4) is 12.3 Å². The Hall–Kier alpha value is -0.520. The summed E-state index contributed by atoms with van der Waals surface area (Å²) < 4.78 is 0. The Labute approximate surface area is 88.1 Å². The molecule has 0 saturated heterocycles. The lowest BCUT2D eigenvalue weighted by Gasteiger charge is -2.03. The average molecular weight is 197 g/mol. The van der Waals surface area contributed by atoms with E-state index in [0.29, 0.717) is 6.61 Å². The topological polar surface area (TPSA) is 32.3 Å². The quantitative estimate of drug-likeness (QED) is 0.414. The van der Waals surface area contributed by atoms with Gasteiger partial charge in [0.25, 0.3) is 0 Å². The molecule has 0 aliphatic carbocycles. The second kappa shape index (κ2) is 12.5. The fourth-order valence-electron chi connectivity index (χ4n) is 1.32. The molecule has 0 aliphatic rings. The fraction of sp³-hybridized carbons (Fsp3) is 0.833. The van der Waals surface area contributed by atoms with Crippen LogP contribution in [0.15, 0.2) is 0 Å². The fourth-order valence-corrected chi connectivity index (χ4v) is 1.32. The number of aliphatic hydroxyl groups excluding tert-OH is 1. The van der Waals surface area contributed by atoms with Gasteiger partial charge in [0.1, 0.15) is 0 Å². The van der Waals surface area contributed by atoms with Gasteiger partial charge in [-0.15, -0.1) is 12.3 Å². The SMILES string of the molecule is C#CCCCCNCCCCCCO. The molecule has 0 aromatic heterocycles. The molecule has 0 atom stereocenters. The second-order valence-corrected chi connectivity index (χ2v) is 3.55. The summed E-state index contributed by atoms with van der Waals surface area (Å²) >= 11 is 0.